The Morgan fingerprint density at radius 1 is 1.48 bits per heavy atom. The van der Waals surface area contributed by atoms with Gasteiger partial charge in [-0.3, -0.25) is 4.90 Å². The Hall–Kier alpha value is -1.24. The Morgan fingerprint density at radius 3 is 2.96 bits per heavy atom. The van der Waals surface area contributed by atoms with E-state index in [-0.39, 0.29) is 11.9 Å². The van der Waals surface area contributed by atoms with Crippen molar-refractivity contribution in [2.24, 2.45) is 5.92 Å². The third-order valence-corrected chi connectivity index (χ3v) is 4.01. The van der Waals surface area contributed by atoms with Gasteiger partial charge in [-0.25, -0.2) is 4.39 Å². The van der Waals surface area contributed by atoms with Gasteiger partial charge in [0.05, 0.1) is 12.7 Å². The Balaban J connectivity index is 1.76. The molecule has 0 bridgehead atoms. The number of halogens is 1. The van der Waals surface area contributed by atoms with E-state index >= 15 is 0 Å². The van der Waals surface area contributed by atoms with Crippen LogP contribution in [0.15, 0.2) is 18.2 Å². The molecule has 0 aliphatic carbocycles. The van der Waals surface area contributed by atoms with Gasteiger partial charge in [-0.2, -0.15) is 0 Å². The molecule has 0 spiro atoms. The summed E-state index contributed by atoms with van der Waals surface area (Å²) >= 11 is 5.27. The van der Waals surface area contributed by atoms with Crippen LogP contribution in [0.5, 0.6) is 0 Å². The average molecular weight is 339 g/mol. The fraction of sp³-hybridized carbons (Fsp3) is 0.588. The van der Waals surface area contributed by atoms with E-state index in [1.807, 2.05) is 6.07 Å². The molecule has 4 nitrogen and oxygen atoms in total. The minimum absolute atomic E-state index is 0.122. The van der Waals surface area contributed by atoms with Gasteiger partial charge in [0, 0.05) is 31.9 Å². The van der Waals surface area contributed by atoms with E-state index in [9.17, 15) is 4.39 Å². The van der Waals surface area contributed by atoms with Crippen LogP contribution in [0, 0.1) is 18.7 Å². The predicted molar refractivity (Wildman–Crippen MR) is 96.4 cm³/mol. The van der Waals surface area contributed by atoms with E-state index in [1.165, 1.54) is 6.07 Å². The summed E-state index contributed by atoms with van der Waals surface area (Å²) in [5, 5.41) is 6.64. The minimum Gasteiger partial charge on any atom is -0.374 e. The quantitative estimate of drug-likeness (QED) is 0.807. The third kappa shape index (κ3) is 6.05. The van der Waals surface area contributed by atoms with Crippen LogP contribution >= 0.6 is 12.2 Å². The molecule has 6 heteroatoms. The van der Waals surface area contributed by atoms with E-state index in [0.717, 1.165) is 26.2 Å². The summed E-state index contributed by atoms with van der Waals surface area (Å²) in [5.74, 6) is 0.415. The highest BCUT2D eigenvalue weighted by Crippen LogP contribution is 2.13. The average Bonchev–Trinajstić information content (AvgIpc) is 2.49. The van der Waals surface area contributed by atoms with Gasteiger partial charge in [0.15, 0.2) is 5.11 Å². The lowest BCUT2D eigenvalue weighted by Crippen LogP contribution is -2.48. The molecule has 0 radical (unpaired) electrons. The van der Waals surface area contributed by atoms with Crippen LogP contribution in [0.1, 0.15) is 19.4 Å². The number of ether oxygens (including phenoxy) is 1. The van der Waals surface area contributed by atoms with Crippen LogP contribution in [-0.2, 0) is 4.74 Å². The summed E-state index contributed by atoms with van der Waals surface area (Å²) in [7, 11) is 0. The molecule has 23 heavy (non-hydrogen) atoms. The highest BCUT2D eigenvalue weighted by atomic mass is 32.1. The zero-order valence-corrected chi connectivity index (χ0v) is 14.9. The number of hydrogen-bond acceptors (Lipinski definition) is 3. The van der Waals surface area contributed by atoms with Crippen molar-refractivity contribution in [3.63, 3.8) is 0 Å². The fourth-order valence-electron chi connectivity index (χ4n) is 2.64. The topological polar surface area (TPSA) is 36.5 Å². The van der Waals surface area contributed by atoms with Gasteiger partial charge in [-0.1, -0.05) is 19.9 Å². The molecule has 1 aliphatic heterocycles. The number of hydrogen-bond donors (Lipinski definition) is 2. The maximum Gasteiger partial charge on any atom is 0.170 e. The standard InChI is InChI=1S/C17H26FN3OS/c1-12(2)10-21-6-7-22-15(11-21)9-19-17(23)20-14-5-4-13(3)16(18)8-14/h4-5,8,12,15H,6-7,9-11H2,1-3H3,(H2,19,20,23)/t15-/m0/s1. The monoisotopic (exact) mass is 339 g/mol. The number of rotatable bonds is 5. The molecule has 1 saturated heterocycles. The van der Waals surface area contributed by atoms with Gasteiger partial charge in [0.1, 0.15) is 5.82 Å². The van der Waals surface area contributed by atoms with Gasteiger partial charge in [0.2, 0.25) is 0 Å². The fourth-order valence-corrected chi connectivity index (χ4v) is 2.84. The van der Waals surface area contributed by atoms with Crippen molar-refractivity contribution in [1.29, 1.82) is 0 Å². The first-order valence-corrected chi connectivity index (χ1v) is 8.50. The second-order valence-corrected chi connectivity index (χ2v) is 6.85. The van der Waals surface area contributed by atoms with Crippen molar-refractivity contribution >= 4 is 23.0 Å². The molecule has 2 N–H and O–H groups in total. The largest absolute Gasteiger partial charge is 0.374 e. The molecule has 128 valence electrons. The summed E-state index contributed by atoms with van der Waals surface area (Å²) in [6.45, 7) is 10.6. The molecule has 1 aliphatic rings. The molecule has 1 atom stereocenters. The van der Waals surface area contributed by atoms with Crippen molar-refractivity contribution in [3.8, 4) is 0 Å². The summed E-state index contributed by atoms with van der Waals surface area (Å²) < 4.78 is 19.3. The maximum atomic E-state index is 13.5. The van der Waals surface area contributed by atoms with Gasteiger partial charge in [0.25, 0.3) is 0 Å². The second kappa shape index (κ2) is 8.57. The van der Waals surface area contributed by atoms with Crippen molar-refractivity contribution in [2.75, 3.05) is 38.1 Å². The number of nitrogens with one attached hydrogen (secondary N) is 2. The van der Waals surface area contributed by atoms with Crippen molar-refractivity contribution in [2.45, 2.75) is 26.9 Å². The number of nitrogens with zero attached hydrogens (tertiary/aromatic N) is 1. The molecule has 1 heterocycles. The molecule has 1 aromatic carbocycles. The minimum atomic E-state index is -0.238. The lowest BCUT2D eigenvalue weighted by molar-refractivity contribution is -0.0283. The van der Waals surface area contributed by atoms with Crippen LogP contribution < -0.4 is 10.6 Å². The van der Waals surface area contributed by atoms with Crippen LogP contribution in [-0.4, -0.2) is 48.9 Å². The zero-order valence-electron chi connectivity index (χ0n) is 14.1. The maximum absolute atomic E-state index is 13.5. The van der Waals surface area contributed by atoms with Gasteiger partial charge in [-0.05, 0) is 42.8 Å². The summed E-state index contributed by atoms with van der Waals surface area (Å²) in [6, 6.07) is 4.99. The van der Waals surface area contributed by atoms with Crippen LogP contribution in [0.4, 0.5) is 10.1 Å². The zero-order chi connectivity index (χ0) is 16.8. The molecular formula is C17H26FN3OS. The van der Waals surface area contributed by atoms with Crippen molar-refractivity contribution in [1.82, 2.24) is 10.2 Å². The lowest BCUT2D eigenvalue weighted by Gasteiger charge is -2.34. The number of morpholine rings is 1. The normalized spacial score (nSPS) is 18.9. The molecular weight excluding hydrogens is 313 g/mol. The van der Waals surface area contributed by atoms with E-state index in [4.69, 9.17) is 17.0 Å². The van der Waals surface area contributed by atoms with Crippen LogP contribution in [0.3, 0.4) is 0 Å². The van der Waals surface area contributed by atoms with E-state index in [0.29, 0.717) is 28.8 Å². The highest BCUT2D eigenvalue weighted by molar-refractivity contribution is 7.80. The Bertz CT molecular complexity index is 539. The van der Waals surface area contributed by atoms with Crippen LogP contribution in [0.25, 0.3) is 0 Å². The second-order valence-electron chi connectivity index (χ2n) is 6.45. The molecule has 0 saturated carbocycles. The highest BCUT2D eigenvalue weighted by Gasteiger charge is 2.20. The summed E-state index contributed by atoms with van der Waals surface area (Å²) in [5.41, 5.74) is 1.27. The molecule has 1 aromatic rings. The molecule has 0 aromatic heterocycles. The first-order valence-electron chi connectivity index (χ1n) is 8.09. The smallest absolute Gasteiger partial charge is 0.170 e. The SMILES string of the molecule is Cc1ccc(NC(=S)NC[C@H]2CN(CC(C)C)CCO2)cc1F. The molecule has 1 fully saturated rings. The number of aryl methyl sites for hydroxylation is 1. The third-order valence-electron chi connectivity index (χ3n) is 3.77. The summed E-state index contributed by atoms with van der Waals surface area (Å²) in [4.78, 5) is 2.42. The number of benzene rings is 1. The van der Waals surface area contributed by atoms with Gasteiger partial charge >= 0.3 is 0 Å². The summed E-state index contributed by atoms with van der Waals surface area (Å²) in [6.07, 6.45) is 0.122. The van der Waals surface area contributed by atoms with E-state index in [1.54, 1.807) is 13.0 Å². The molecule has 0 unspecified atom stereocenters. The Morgan fingerprint density at radius 2 is 2.26 bits per heavy atom. The first kappa shape index (κ1) is 18.1. The number of anilines is 1. The van der Waals surface area contributed by atoms with Gasteiger partial charge < -0.3 is 15.4 Å². The molecule has 0 amide bonds. The van der Waals surface area contributed by atoms with Crippen molar-refractivity contribution < 1.29 is 9.13 Å². The Kier molecular flexibility index (Phi) is 6.74. The van der Waals surface area contributed by atoms with Gasteiger partial charge in [-0.15, -0.1) is 0 Å². The van der Waals surface area contributed by atoms with Crippen LogP contribution in [0.2, 0.25) is 0 Å². The number of thiocarbonyl (C=S) groups is 1. The van der Waals surface area contributed by atoms with Crippen molar-refractivity contribution in [3.05, 3.63) is 29.6 Å². The van der Waals surface area contributed by atoms with E-state index in [2.05, 4.69) is 29.4 Å². The Labute approximate surface area is 143 Å². The predicted octanol–water partition coefficient (Wildman–Crippen LogP) is 2.78. The van der Waals surface area contributed by atoms with E-state index < -0.39 is 0 Å². The first-order chi connectivity index (χ1) is 10.9. The molecule has 2 rings (SSSR count). The lowest BCUT2D eigenvalue weighted by atomic mass is 10.2.